The van der Waals surface area contributed by atoms with Gasteiger partial charge in [0.25, 0.3) is 0 Å². The van der Waals surface area contributed by atoms with Crippen LogP contribution in [0.1, 0.15) is 25.3 Å². The molecular weight excluding hydrogens is 238 g/mol. The zero-order chi connectivity index (χ0) is 13.7. The van der Waals surface area contributed by atoms with Crippen molar-refractivity contribution in [2.75, 3.05) is 17.6 Å². The van der Waals surface area contributed by atoms with Crippen LogP contribution in [0.2, 0.25) is 0 Å². The van der Waals surface area contributed by atoms with Gasteiger partial charge in [-0.2, -0.15) is 10.4 Å². The lowest BCUT2D eigenvalue weighted by atomic mass is 10.1. The number of hydrogen-bond donors (Lipinski definition) is 3. The van der Waals surface area contributed by atoms with Crippen molar-refractivity contribution < 1.29 is 0 Å². The molecule has 0 aliphatic carbocycles. The van der Waals surface area contributed by atoms with Gasteiger partial charge >= 0.3 is 0 Å². The number of anilines is 2. The number of nitrogens with zero attached hydrogens (tertiary/aromatic N) is 2. The minimum absolute atomic E-state index is 0.239. The molecule has 0 atom stereocenters. The average Bonchev–Trinajstić information content (AvgIpc) is 2.81. The van der Waals surface area contributed by atoms with E-state index >= 15 is 0 Å². The van der Waals surface area contributed by atoms with Crippen molar-refractivity contribution in [3.05, 3.63) is 29.8 Å². The molecule has 0 amide bonds. The zero-order valence-corrected chi connectivity index (χ0v) is 10.9. The van der Waals surface area contributed by atoms with Gasteiger partial charge in [-0.1, -0.05) is 25.5 Å². The Morgan fingerprint density at radius 2 is 2.11 bits per heavy atom. The third kappa shape index (κ3) is 2.86. The summed E-state index contributed by atoms with van der Waals surface area (Å²) in [6.45, 7) is 3.13. The quantitative estimate of drug-likeness (QED) is 0.716. The molecular formula is C14H17N5. The molecule has 2 aromatic rings. The summed E-state index contributed by atoms with van der Waals surface area (Å²) in [5.41, 5.74) is 8.66. The minimum Gasteiger partial charge on any atom is -0.385 e. The monoisotopic (exact) mass is 255 g/mol. The highest BCUT2D eigenvalue weighted by molar-refractivity contribution is 5.73. The topological polar surface area (TPSA) is 90.5 Å². The second kappa shape index (κ2) is 5.91. The Morgan fingerprint density at radius 3 is 2.74 bits per heavy atom. The lowest BCUT2D eigenvalue weighted by Crippen LogP contribution is -2.00. The third-order valence-corrected chi connectivity index (χ3v) is 2.94. The Kier molecular flexibility index (Phi) is 4.04. The highest BCUT2D eigenvalue weighted by Gasteiger charge is 2.11. The molecule has 4 N–H and O–H groups in total. The second-order valence-corrected chi connectivity index (χ2v) is 4.33. The van der Waals surface area contributed by atoms with Crippen LogP contribution in [0.5, 0.6) is 0 Å². The van der Waals surface area contributed by atoms with E-state index in [9.17, 15) is 0 Å². The summed E-state index contributed by atoms with van der Waals surface area (Å²) in [6, 6.07) is 9.94. The van der Waals surface area contributed by atoms with Gasteiger partial charge in [-0.25, -0.2) is 0 Å². The molecule has 5 nitrogen and oxygen atoms in total. The van der Waals surface area contributed by atoms with E-state index in [0.717, 1.165) is 24.2 Å². The molecule has 0 saturated carbocycles. The Bertz CT molecular complexity index is 577. The summed E-state index contributed by atoms with van der Waals surface area (Å²) in [5.74, 6) is 0.239. The number of aromatic amines is 1. The van der Waals surface area contributed by atoms with E-state index in [0.29, 0.717) is 11.3 Å². The largest absolute Gasteiger partial charge is 0.385 e. The van der Waals surface area contributed by atoms with Crippen molar-refractivity contribution in [1.29, 1.82) is 5.26 Å². The predicted octanol–water partition coefficient (Wildman–Crippen LogP) is 2.74. The molecule has 0 aliphatic heterocycles. The van der Waals surface area contributed by atoms with Gasteiger partial charge in [0.2, 0.25) is 0 Å². The van der Waals surface area contributed by atoms with Crippen LogP contribution in [0.25, 0.3) is 11.3 Å². The van der Waals surface area contributed by atoms with Crippen LogP contribution in [0, 0.1) is 11.3 Å². The van der Waals surface area contributed by atoms with Crippen LogP contribution in [-0.2, 0) is 0 Å². The fourth-order valence-electron chi connectivity index (χ4n) is 1.84. The Balaban J connectivity index is 2.16. The van der Waals surface area contributed by atoms with Crippen molar-refractivity contribution >= 4 is 11.5 Å². The van der Waals surface area contributed by atoms with Gasteiger partial charge in [0.15, 0.2) is 5.82 Å². The maximum Gasteiger partial charge on any atom is 0.163 e. The van der Waals surface area contributed by atoms with E-state index in [1.54, 1.807) is 0 Å². The molecule has 0 bridgehead atoms. The second-order valence-electron chi connectivity index (χ2n) is 4.33. The summed E-state index contributed by atoms with van der Waals surface area (Å²) < 4.78 is 0. The van der Waals surface area contributed by atoms with E-state index < -0.39 is 0 Å². The van der Waals surface area contributed by atoms with Crippen molar-refractivity contribution in [2.45, 2.75) is 19.8 Å². The Morgan fingerprint density at radius 1 is 1.37 bits per heavy atom. The number of rotatable bonds is 5. The zero-order valence-electron chi connectivity index (χ0n) is 10.9. The molecule has 98 valence electrons. The van der Waals surface area contributed by atoms with Gasteiger partial charge in [0.1, 0.15) is 11.6 Å². The summed E-state index contributed by atoms with van der Waals surface area (Å²) >= 11 is 0. The maximum absolute atomic E-state index is 9.04. The van der Waals surface area contributed by atoms with E-state index in [1.807, 2.05) is 24.3 Å². The Hall–Kier alpha value is -2.48. The number of nitrogens with one attached hydrogen (secondary N) is 2. The minimum atomic E-state index is 0.239. The van der Waals surface area contributed by atoms with Crippen molar-refractivity contribution in [1.82, 2.24) is 10.2 Å². The molecule has 5 heteroatoms. The Labute approximate surface area is 112 Å². The molecule has 19 heavy (non-hydrogen) atoms. The average molecular weight is 255 g/mol. The van der Waals surface area contributed by atoms with Crippen LogP contribution in [0.15, 0.2) is 24.3 Å². The van der Waals surface area contributed by atoms with Gasteiger partial charge in [-0.05, 0) is 18.6 Å². The highest BCUT2D eigenvalue weighted by Crippen LogP contribution is 2.25. The first-order valence-corrected chi connectivity index (χ1v) is 6.34. The number of nitrogens with two attached hydrogens (primary N) is 1. The lowest BCUT2D eigenvalue weighted by molar-refractivity contribution is 0.834. The number of unbranched alkanes of at least 4 members (excludes halogenated alkanes) is 1. The van der Waals surface area contributed by atoms with Crippen LogP contribution in [0.3, 0.4) is 0 Å². The van der Waals surface area contributed by atoms with Gasteiger partial charge in [-0.3, -0.25) is 5.10 Å². The van der Waals surface area contributed by atoms with Crippen LogP contribution >= 0.6 is 0 Å². The number of nitrogen functional groups attached to an aromatic ring is 1. The molecule has 0 aliphatic rings. The molecule has 1 aromatic carbocycles. The normalized spacial score (nSPS) is 10.1. The number of aromatic nitrogens is 2. The summed E-state index contributed by atoms with van der Waals surface area (Å²) in [7, 11) is 0. The van der Waals surface area contributed by atoms with Gasteiger partial charge in [-0.15, -0.1) is 0 Å². The highest BCUT2D eigenvalue weighted by atomic mass is 15.2. The van der Waals surface area contributed by atoms with E-state index in [1.165, 1.54) is 6.42 Å². The van der Waals surface area contributed by atoms with Crippen LogP contribution < -0.4 is 11.1 Å². The predicted molar refractivity (Wildman–Crippen MR) is 76.5 cm³/mol. The number of benzene rings is 1. The van der Waals surface area contributed by atoms with E-state index in [4.69, 9.17) is 11.0 Å². The maximum atomic E-state index is 9.04. The first-order chi connectivity index (χ1) is 9.26. The molecule has 0 spiro atoms. The van der Waals surface area contributed by atoms with E-state index in [-0.39, 0.29) is 5.82 Å². The van der Waals surface area contributed by atoms with Crippen molar-refractivity contribution in [2.24, 2.45) is 0 Å². The molecule has 0 fully saturated rings. The SMILES string of the molecule is CCCCNc1ccc(-c2[nH]nc(N)c2C#N)cc1. The van der Waals surface area contributed by atoms with Crippen LogP contribution in [-0.4, -0.2) is 16.7 Å². The van der Waals surface area contributed by atoms with E-state index in [2.05, 4.69) is 28.5 Å². The molecule has 1 heterocycles. The number of hydrogen-bond acceptors (Lipinski definition) is 4. The summed E-state index contributed by atoms with van der Waals surface area (Å²) in [5, 5.41) is 19.0. The van der Waals surface area contributed by atoms with Gasteiger partial charge in [0, 0.05) is 17.8 Å². The number of nitriles is 1. The molecule has 1 aromatic heterocycles. The molecule has 0 radical (unpaired) electrons. The standard InChI is InChI=1S/C14H17N5/c1-2-3-8-17-11-6-4-10(5-7-11)13-12(9-15)14(16)19-18-13/h4-7,17H,2-3,8H2,1H3,(H3,16,18,19). The number of H-pyrrole nitrogens is 1. The first kappa shape index (κ1) is 13.0. The third-order valence-electron chi connectivity index (χ3n) is 2.94. The molecule has 0 unspecified atom stereocenters. The fraction of sp³-hybridized carbons (Fsp3) is 0.286. The molecule has 2 rings (SSSR count). The van der Waals surface area contributed by atoms with Gasteiger partial charge < -0.3 is 11.1 Å². The van der Waals surface area contributed by atoms with Crippen molar-refractivity contribution in [3.8, 4) is 17.3 Å². The molecule has 0 saturated heterocycles. The van der Waals surface area contributed by atoms with Crippen molar-refractivity contribution in [3.63, 3.8) is 0 Å². The van der Waals surface area contributed by atoms with Crippen LogP contribution in [0.4, 0.5) is 11.5 Å². The summed E-state index contributed by atoms with van der Waals surface area (Å²) in [6.07, 6.45) is 2.32. The fourth-order valence-corrected chi connectivity index (χ4v) is 1.84. The smallest absolute Gasteiger partial charge is 0.163 e. The lowest BCUT2D eigenvalue weighted by Gasteiger charge is -2.06. The first-order valence-electron chi connectivity index (χ1n) is 6.34. The van der Waals surface area contributed by atoms with Gasteiger partial charge in [0.05, 0.1) is 5.69 Å². The summed E-state index contributed by atoms with van der Waals surface area (Å²) in [4.78, 5) is 0.